The Morgan fingerprint density at radius 1 is 0.360 bits per heavy atom. The van der Waals surface area contributed by atoms with Crippen molar-refractivity contribution in [2.75, 3.05) is 88.4 Å². The quantitative estimate of drug-likeness (QED) is 0.00730. The zero-order chi connectivity index (χ0) is 107. The van der Waals surface area contributed by atoms with Gasteiger partial charge in [0.1, 0.15) is 42.0 Å². The Morgan fingerprint density at radius 2 is 0.653 bits per heavy atom. The number of Topliss-reactive ketones (excluding diaryl/α,β-unsaturated/α-hetero) is 2. The number of carbonyl (C=O) groups is 2. The number of nitrogens with two attached hydrogens (primary N) is 1. The number of hydrogen-bond acceptors (Lipinski definition) is 35. The van der Waals surface area contributed by atoms with E-state index < -0.39 is 38.8 Å². The van der Waals surface area contributed by atoms with Gasteiger partial charge in [-0.3, -0.25) is 55.0 Å². The molecular formula is C102H114F9N25O14. The lowest BCUT2D eigenvalue weighted by atomic mass is 9.85. The second kappa shape index (κ2) is 54.7. The molecule has 4 aliphatic carbocycles. The number of pyridine rings is 1. The number of hydrogen-bond donors (Lipinski definition) is 13. The average molecular weight is 2090 g/mol. The SMILES string of the molecule is NC1CCC(CNc2nc(NCc3ccnc4ccccc34)ncc2[N+](=O)[O-])CC1.O=C(CNC1CCC(CNc2nc(NCc3ccccc3OC(F)(F)F)ncc2[N+](=O)[O-])CC1)c1ccccc1.O=C(CNC1CCC(CNc2nc(NCc3ccccc3OC(F)(F)F)ncc2[N+](=O)[O-])CC1)c1ccccc1.O=[N+]([O-])c1cnc(NCc2ccccc2OC(F)(F)F)nc1NCC1CCC(N[C@H](CO)c2ccccc2)CC1. The normalized spacial score (nSPS) is 17.8. The fourth-order valence-corrected chi connectivity index (χ4v) is 17.7. The molecule has 4 saturated carbocycles. The Morgan fingerprint density at radius 3 is 0.980 bits per heavy atom. The van der Waals surface area contributed by atoms with Gasteiger partial charge in [0.2, 0.25) is 47.1 Å². The van der Waals surface area contributed by atoms with E-state index in [4.69, 9.17) is 5.73 Å². The lowest BCUT2D eigenvalue weighted by molar-refractivity contribution is -0.384. The van der Waals surface area contributed by atoms with Gasteiger partial charge in [-0.05, 0) is 168 Å². The second-order valence-electron chi connectivity index (χ2n) is 36.2. The molecule has 5 aromatic heterocycles. The van der Waals surface area contributed by atoms with Crippen LogP contribution in [0.3, 0.4) is 0 Å². The summed E-state index contributed by atoms with van der Waals surface area (Å²) in [6, 6.07) is 55.6. The van der Waals surface area contributed by atoms with E-state index in [1.807, 2.05) is 97.1 Å². The average Bonchev–Trinajstić information content (AvgIpc) is 0.977. The van der Waals surface area contributed by atoms with E-state index in [2.05, 4.69) is 118 Å². The van der Waals surface area contributed by atoms with Gasteiger partial charge in [0.25, 0.3) is 0 Å². The van der Waals surface area contributed by atoms with Crippen LogP contribution in [0.15, 0.2) is 225 Å². The molecular weight excluding hydrogens is 1970 g/mol. The first-order valence-electron chi connectivity index (χ1n) is 48.8. The number of fused-ring (bicyclic) bond motifs is 1. The zero-order valence-electron chi connectivity index (χ0n) is 81.2. The Kier molecular flexibility index (Phi) is 40.6. The van der Waals surface area contributed by atoms with Crippen LogP contribution in [0, 0.1) is 64.1 Å². The maximum absolute atomic E-state index is 12.7. The van der Waals surface area contributed by atoms with E-state index in [0.29, 0.717) is 55.7 Å². The second-order valence-corrected chi connectivity index (χ2v) is 36.2. The first-order chi connectivity index (χ1) is 72.2. The molecule has 0 amide bonds. The summed E-state index contributed by atoms with van der Waals surface area (Å²) in [5.41, 5.74) is 9.93. The number of halogens is 9. The minimum atomic E-state index is -4.84. The number of nitro groups is 4. The molecule has 12 aromatic rings. The van der Waals surface area contributed by atoms with Gasteiger partial charge < -0.3 is 83.5 Å². The highest BCUT2D eigenvalue weighted by molar-refractivity contribution is 5.98. The van der Waals surface area contributed by atoms with Crippen molar-refractivity contribution in [3.8, 4) is 17.2 Å². The predicted molar refractivity (Wildman–Crippen MR) is 543 cm³/mol. The summed E-state index contributed by atoms with van der Waals surface area (Å²) in [7, 11) is 0. The number of ketones is 2. The summed E-state index contributed by atoms with van der Waals surface area (Å²) in [5, 5.41) is 91.0. The van der Waals surface area contributed by atoms with Gasteiger partial charge in [-0.1, -0.05) is 164 Å². The fraction of sp³-hybridized carbons (Fsp3) is 0.382. The molecule has 5 heterocycles. The lowest BCUT2D eigenvalue weighted by Gasteiger charge is -2.32. The highest BCUT2D eigenvalue weighted by atomic mass is 19.4. The number of aliphatic hydroxyl groups excluding tert-OH is 1. The van der Waals surface area contributed by atoms with Crippen LogP contribution < -0.4 is 78.4 Å². The summed E-state index contributed by atoms with van der Waals surface area (Å²) >= 11 is 0. The molecule has 0 radical (unpaired) electrons. The van der Waals surface area contributed by atoms with Crippen LogP contribution >= 0.6 is 0 Å². The molecule has 48 heteroatoms. The Balaban J connectivity index is 0.000000168. The summed E-state index contributed by atoms with van der Waals surface area (Å²) in [6.07, 6.45) is 6.19. The van der Waals surface area contributed by atoms with Gasteiger partial charge in [0.15, 0.2) is 11.6 Å². The Labute approximate surface area is 855 Å². The van der Waals surface area contributed by atoms with Crippen LogP contribution in [-0.2, 0) is 26.2 Å². The van der Waals surface area contributed by atoms with Crippen molar-refractivity contribution >= 4 is 92.3 Å². The molecule has 0 unspecified atom stereocenters. The van der Waals surface area contributed by atoms with Crippen molar-refractivity contribution in [2.24, 2.45) is 29.4 Å². The largest absolute Gasteiger partial charge is 0.573 e. The molecule has 0 bridgehead atoms. The monoisotopic (exact) mass is 2080 g/mol. The smallest absolute Gasteiger partial charge is 0.405 e. The number of alkyl halides is 9. The summed E-state index contributed by atoms with van der Waals surface area (Å²) < 4.78 is 126. The summed E-state index contributed by atoms with van der Waals surface area (Å²) in [4.78, 5) is 106. The van der Waals surface area contributed by atoms with Gasteiger partial charge >= 0.3 is 41.8 Å². The topological polar surface area (TPSA) is 529 Å². The predicted octanol–water partition coefficient (Wildman–Crippen LogP) is 19.3. The van der Waals surface area contributed by atoms with Crippen molar-refractivity contribution < 1.29 is 88.1 Å². The number of ether oxygens (including phenoxy) is 3. The number of rotatable bonds is 43. The number of aliphatic hydroxyl groups is 1. The molecule has 0 spiro atoms. The van der Waals surface area contributed by atoms with Gasteiger partial charge in [-0.2, -0.15) is 19.9 Å². The minimum Gasteiger partial charge on any atom is -0.405 e. The van der Waals surface area contributed by atoms with Crippen LogP contribution in [-0.4, -0.2) is 170 Å². The van der Waals surface area contributed by atoms with Crippen LogP contribution in [0.4, 0.5) is 109 Å². The number of nitrogens with one attached hydrogen (secondary N) is 11. The van der Waals surface area contributed by atoms with E-state index in [1.165, 1.54) is 60.8 Å². The van der Waals surface area contributed by atoms with E-state index in [1.54, 1.807) is 48.7 Å². The highest BCUT2D eigenvalue weighted by Crippen LogP contribution is 2.37. The van der Waals surface area contributed by atoms with E-state index >= 15 is 0 Å². The van der Waals surface area contributed by atoms with Crippen LogP contribution in [0.25, 0.3) is 10.9 Å². The number of anilines is 8. The Hall–Kier alpha value is -15.8. The van der Waals surface area contributed by atoms with Crippen molar-refractivity contribution in [3.63, 3.8) is 0 Å². The third-order valence-electron chi connectivity index (χ3n) is 25.7. The maximum atomic E-state index is 12.7. The molecule has 14 N–H and O–H groups in total. The minimum absolute atomic E-state index is 0.000182. The first kappa shape index (κ1) is 111. The van der Waals surface area contributed by atoms with Crippen molar-refractivity contribution in [2.45, 2.75) is 178 Å². The van der Waals surface area contributed by atoms with Crippen molar-refractivity contribution in [3.05, 3.63) is 305 Å². The Bertz CT molecular complexity index is 6210. The standard InChI is InChI=1S/C27H31F3N6O4.2C27H29F3N6O4.C21H25N7O2/c28-27(29,30)40-24-9-5-4-8-20(24)15-32-26-33-16-23(36(38)39)25(35-26)31-14-18-10-12-21(13-11-18)34-22(17-37)19-6-2-1-3-7-19;2*28-27(29,30)40-24-9-5-4-8-20(24)15-33-26-34-16-22(36(38)39)25(35-26)32-14-18-10-12-21(13-11-18)31-17-23(37)19-6-2-1-3-7-19;22-16-7-5-14(6-8-16)11-24-20-19(28(29)30)13-26-21(27-20)25-12-15-9-10-23-18-4-2-1-3-17(15)18/h1-9,16,18,21-22,34,37H,10-15,17H2,(H2,31,32,33,35);2*1-9,16,18,21,31H,10-15,17H2,(H2,32,33,34,35);1-4,9-10,13-14,16H,5-8,11-12,22H2,(H2,24,25,26,27)/t18?,21?,22-;;;/m1.../s1. The molecule has 794 valence electrons. The lowest BCUT2D eigenvalue weighted by Crippen LogP contribution is -2.38. The molecule has 7 aromatic carbocycles. The summed E-state index contributed by atoms with van der Waals surface area (Å²) in [5.74, 6) is 0.939. The maximum Gasteiger partial charge on any atom is 0.573 e. The number of aromatic nitrogens is 9. The number of nitrogens with zero attached hydrogens (tertiary/aromatic N) is 13. The first-order valence-corrected chi connectivity index (χ1v) is 48.8. The highest BCUT2D eigenvalue weighted by Gasteiger charge is 2.37. The van der Waals surface area contributed by atoms with Gasteiger partial charge in [-0.25, -0.2) is 19.9 Å². The third kappa shape index (κ3) is 35.5. The zero-order valence-corrected chi connectivity index (χ0v) is 81.2. The molecule has 150 heavy (non-hydrogen) atoms. The molecule has 0 aliphatic heterocycles. The fourth-order valence-electron chi connectivity index (χ4n) is 17.7. The number of para-hydroxylation sites is 4. The van der Waals surface area contributed by atoms with Crippen LogP contribution in [0.5, 0.6) is 17.2 Å². The molecule has 4 aliphatic rings. The van der Waals surface area contributed by atoms with E-state index in [9.17, 15) is 94.7 Å². The molecule has 39 nitrogen and oxygen atoms in total. The third-order valence-corrected chi connectivity index (χ3v) is 25.7. The number of carbonyl (C=O) groups excluding carboxylic acids is 2. The van der Waals surface area contributed by atoms with Gasteiger partial charge in [0.05, 0.1) is 50.9 Å². The molecule has 16 rings (SSSR count). The molecule has 4 fully saturated rings. The van der Waals surface area contributed by atoms with Gasteiger partial charge in [0, 0.05) is 116 Å². The van der Waals surface area contributed by atoms with E-state index in [-0.39, 0.29) is 197 Å². The van der Waals surface area contributed by atoms with Crippen molar-refractivity contribution in [1.82, 2.24) is 60.8 Å². The molecule has 0 saturated heterocycles. The summed E-state index contributed by atoms with van der Waals surface area (Å²) in [6.45, 7) is 2.78. The van der Waals surface area contributed by atoms with E-state index in [0.717, 1.165) is 143 Å². The number of benzene rings is 7. The van der Waals surface area contributed by atoms with Crippen LogP contribution in [0.2, 0.25) is 0 Å². The molecule has 1 atom stereocenters. The van der Waals surface area contributed by atoms with Crippen molar-refractivity contribution in [1.29, 1.82) is 0 Å². The van der Waals surface area contributed by atoms with Gasteiger partial charge in [-0.15, -0.1) is 39.5 Å². The van der Waals surface area contributed by atoms with Crippen LogP contribution in [0.1, 0.15) is 157 Å².